The quantitative estimate of drug-likeness (QED) is 0.513. The molecule has 0 atom stereocenters. The minimum Gasteiger partial charge on any atom is -0.488 e. The van der Waals surface area contributed by atoms with E-state index in [0.29, 0.717) is 29.5 Å². The third kappa shape index (κ3) is 6.09. The molecule has 0 saturated carbocycles. The first kappa shape index (κ1) is 21.4. The lowest BCUT2D eigenvalue weighted by Gasteiger charge is -2.15. The lowest BCUT2D eigenvalue weighted by molar-refractivity contribution is 0.0946. The zero-order valence-corrected chi connectivity index (χ0v) is 18.3. The average Bonchev–Trinajstić information content (AvgIpc) is 3.31. The van der Waals surface area contributed by atoms with Crippen molar-refractivity contribution >= 4 is 17.5 Å². The molecule has 4 nitrogen and oxygen atoms in total. The van der Waals surface area contributed by atoms with Crippen molar-refractivity contribution in [1.82, 2.24) is 10.2 Å². The maximum atomic E-state index is 12.8. The number of amides is 1. The third-order valence-corrected chi connectivity index (χ3v) is 5.74. The first-order valence-corrected chi connectivity index (χ1v) is 11.1. The van der Waals surface area contributed by atoms with E-state index in [0.717, 1.165) is 17.7 Å². The van der Waals surface area contributed by atoms with Gasteiger partial charge in [0.15, 0.2) is 0 Å². The van der Waals surface area contributed by atoms with Crippen LogP contribution in [0.2, 0.25) is 5.02 Å². The Kier molecular flexibility index (Phi) is 7.23. The lowest BCUT2D eigenvalue weighted by Crippen LogP contribution is -2.23. The number of ether oxygens (including phenoxy) is 1. The summed E-state index contributed by atoms with van der Waals surface area (Å²) in [4.78, 5) is 15.3. The van der Waals surface area contributed by atoms with Gasteiger partial charge >= 0.3 is 0 Å². The molecule has 0 spiro atoms. The summed E-state index contributed by atoms with van der Waals surface area (Å²) in [6.45, 7) is 4.21. The van der Waals surface area contributed by atoms with Crippen molar-refractivity contribution in [3.05, 3.63) is 100 Å². The third-order valence-electron chi connectivity index (χ3n) is 5.50. The molecule has 1 saturated heterocycles. The molecule has 5 heteroatoms. The van der Waals surface area contributed by atoms with Crippen LogP contribution in [0.15, 0.2) is 72.8 Å². The van der Waals surface area contributed by atoms with Crippen LogP contribution in [0.1, 0.15) is 39.9 Å². The van der Waals surface area contributed by atoms with Gasteiger partial charge in [-0.2, -0.15) is 0 Å². The summed E-state index contributed by atoms with van der Waals surface area (Å²) in [6, 6.07) is 23.4. The summed E-state index contributed by atoms with van der Waals surface area (Å²) in [7, 11) is 0. The number of carbonyl (C=O) groups excluding carboxylic acids is 1. The van der Waals surface area contributed by atoms with Crippen molar-refractivity contribution in [2.75, 3.05) is 13.1 Å². The molecule has 4 rings (SSSR count). The van der Waals surface area contributed by atoms with Crippen molar-refractivity contribution in [3.8, 4) is 5.75 Å². The van der Waals surface area contributed by atoms with Crippen LogP contribution >= 0.6 is 11.6 Å². The number of rotatable bonds is 8. The van der Waals surface area contributed by atoms with Crippen molar-refractivity contribution in [1.29, 1.82) is 0 Å². The molecule has 0 aromatic heterocycles. The number of likely N-dealkylation sites (tertiary alicyclic amines) is 1. The Balaban J connectivity index is 1.36. The van der Waals surface area contributed by atoms with E-state index < -0.39 is 0 Å². The zero-order chi connectivity index (χ0) is 21.5. The summed E-state index contributed by atoms with van der Waals surface area (Å²) >= 11 is 6.14. The summed E-state index contributed by atoms with van der Waals surface area (Å²) in [5.41, 5.74) is 3.85. The smallest absolute Gasteiger partial charge is 0.255 e. The Morgan fingerprint density at radius 1 is 0.903 bits per heavy atom. The number of halogens is 1. The first-order chi connectivity index (χ1) is 15.2. The van der Waals surface area contributed by atoms with Crippen LogP contribution in [-0.2, 0) is 19.7 Å². The normalized spacial score (nSPS) is 13.8. The largest absolute Gasteiger partial charge is 0.488 e. The minimum absolute atomic E-state index is 0.202. The van der Waals surface area contributed by atoms with Gasteiger partial charge in [-0.05, 0) is 60.8 Å². The summed E-state index contributed by atoms with van der Waals surface area (Å²) < 4.78 is 5.91. The molecule has 1 amide bonds. The second-order valence-corrected chi connectivity index (χ2v) is 8.33. The van der Waals surface area contributed by atoms with Crippen molar-refractivity contribution in [2.24, 2.45) is 0 Å². The maximum Gasteiger partial charge on any atom is 0.255 e. The average molecular weight is 435 g/mol. The Morgan fingerprint density at radius 2 is 1.61 bits per heavy atom. The van der Waals surface area contributed by atoms with Crippen LogP contribution in [0, 0.1) is 0 Å². The van der Waals surface area contributed by atoms with Gasteiger partial charge in [0.1, 0.15) is 12.4 Å². The Morgan fingerprint density at radius 3 is 2.35 bits per heavy atom. The predicted octanol–water partition coefficient (Wildman–Crippen LogP) is 5.44. The number of nitrogens with one attached hydrogen (secondary N) is 1. The second kappa shape index (κ2) is 10.5. The van der Waals surface area contributed by atoms with Gasteiger partial charge in [-0.15, -0.1) is 0 Å². The highest BCUT2D eigenvalue weighted by Gasteiger charge is 2.14. The Hall–Kier alpha value is -2.82. The molecule has 1 aliphatic heterocycles. The molecule has 1 heterocycles. The van der Waals surface area contributed by atoms with Crippen LogP contribution in [0.3, 0.4) is 0 Å². The number of carbonyl (C=O) groups is 1. The molecule has 0 aliphatic carbocycles. The van der Waals surface area contributed by atoms with Gasteiger partial charge in [0.05, 0.1) is 5.56 Å². The van der Waals surface area contributed by atoms with Gasteiger partial charge in [0.2, 0.25) is 0 Å². The fraction of sp³-hybridized carbons (Fsp3) is 0.269. The van der Waals surface area contributed by atoms with E-state index in [1.165, 1.54) is 31.5 Å². The molecule has 0 bridgehead atoms. The van der Waals surface area contributed by atoms with E-state index in [9.17, 15) is 4.79 Å². The van der Waals surface area contributed by atoms with Crippen LogP contribution in [0.5, 0.6) is 5.75 Å². The monoisotopic (exact) mass is 434 g/mol. The van der Waals surface area contributed by atoms with Gasteiger partial charge < -0.3 is 10.1 Å². The molecule has 3 aromatic carbocycles. The van der Waals surface area contributed by atoms with Gasteiger partial charge in [-0.3, -0.25) is 9.69 Å². The minimum atomic E-state index is -0.202. The van der Waals surface area contributed by atoms with E-state index >= 15 is 0 Å². The molecule has 31 heavy (non-hydrogen) atoms. The molecule has 1 fully saturated rings. The summed E-state index contributed by atoms with van der Waals surface area (Å²) in [6.07, 6.45) is 2.59. The van der Waals surface area contributed by atoms with Crippen LogP contribution in [0.25, 0.3) is 0 Å². The highest BCUT2D eigenvalue weighted by molar-refractivity contribution is 6.31. The van der Waals surface area contributed by atoms with E-state index in [-0.39, 0.29) is 5.91 Å². The Labute approximate surface area is 188 Å². The highest BCUT2D eigenvalue weighted by atomic mass is 35.5. The molecular formula is C26H27ClN2O2. The van der Waals surface area contributed by atoms with Gasteiger partial charge in [0.25, 0.3) is 5.91 Å². The lowest BCUT2D eigenvalue weighted by atomic mass is 10.1. The van der Waals surface area contributed by atoms with Crippen molar-refractivity contribution in [2.45, 2.75) is 32.5 Å². The molecule has 3 aromatic rings. The van der Waals surface area contributed by atoms with Crippen molar-refractivity contribution < 1.29 is 9.53 Å². The number of hydrogen-bond donors (Lipinski definition) is 1. The second-order valence-electron chi connectivity index (χ2n) is 7.90. The molecule has 0 unspecified atom stereocenters. The fourth-order valence-electron chi connectivity index (χ4n) is 3.78. The van der Waals surface area contributed by atoms with Gasteiger partial charge in [0, 0.05) is 18.1 Å². The highest BCUT2D eigenvalue weighted by Crippen LogP contribution is 2.24. The standard InChI is InChI=1S/C26H27ClN2O2/c27-23-12-13-25(31-19-22-6-2-1-3-7-22)24(16-23)26(30)28-17-20-8-10-21(11-9-20)18-29-14-4-5-15-29/h1-3,6-13,16H,4-5,14-15,17-19H2,(H,28,30). The fourth-order valence-corrected chi connectivity index (χ4v) is 3.95. The number of nitrogens with zero attached hydrogens (tertiary/aromatic N) is 1. The van der Waals surface area contributed by atoms with Crippen molar-refractivity contribution in [3.63, 3.8) is 0 Å². The number of benzene rings is 3. The number of hydrogen-bond acceptors (Lipinski definition) is 3. The van der Waals surface area contributed by atoms with E-state index in [1.807, 2.05) is 30.3 Å². The van der Waals surface area contributed by atoms with Gasteiger partial charge in [-0.25, -0.2) is 0 Å². The van der Waals surface area contributed by atoms with Crippen LogP contribution in [-0.4, -0.2) is 23.9 Å². The molecular weight excluding hydrogens is 408 g/mol. The summed E-state index contributed by atoms with van der Waals surface area (Å²) in [5, 5.41) is 3.49. The molecule has 160 valence electrons. The zero-order valence-electron chi connectivity index (χ0n) is 17.5. The molecule has 0 radical (unpaired) electrons. The predicted molar refractivity (Wildman–Crippen MR) is 124 cm³/mol. The van der Waals surface area contributed by atoms with Crippen LogP contribution < -0.4 is 10.1 Å². The maximum absolute atomic E-state index is 12.8. The van der Waals surface area contributed by atoms with Crippen LogP contribution in [0.4, 0.5) is 0 Å². The Bertz CT molecular complexity index is 1000. The molecule has 1 aliphatic rings. The SMILES string of the molecule is O=C(NCc1ccc(CN2CCCC2)cc1)c1cc(Cl)ccc1OCc1ccccc1. The topological polar surface area (TPSA) is 41.6 Å². The summed E-state index contributed by atoms with van der Waals surface area (Å²) in [5.74, 6) is 0.318. The van der Waals surface area contributed by atoms with E-state index in [2.05, 4.69) is 34.5 Å². The molecule has 1 N–H and O–H groups in total. The van der Waals surface area contributed by atoms with E-state index in [4.69, 9.17) is 16.3 Å². The first-order valence-electron chi connectivity index (χ1n) is 10.7. The van der Waals surface area contributed by atoms with E-state index in [1.54, 1.807) is 18.2 Å². The van der Waals surface area contributed by atoms with Gasteiger partial charge in [-0.1, -0.05) is 66.2 Å².